The number of aryl methyl sites for hydroxylation is 1. The van der Waals surface area contributed by atoms with Gasteiger partial charge in [-0.3, -0.25) is 10.2 Å². The zero-order valence-electron chi connectivity index (χ0n) is 37.8. The van der Waals surface area contributed by atoms with Crippen molar-refractivity contribution in [3.63, 3.8) is 0 Å². The number of amides is 1. The number of likely N-dealkylation sites (tertiary alicyclic amines) is 1. The van der Waals surface area contributed by atoms with Gasteiger partial charge >= 0.3 is 18.3 Å². The first-order valence-electron chi connectivity index (χ1n) is 21.9. The van der Waals surface area contributed by atoms with Crippen LogP contribution in [0.3, 0.4) is 0 Å². The Bertz CT molecular complexity index is 2780. The Hall–Kier alpha value is -6.80. The van der Waals surface area contributed by atoms with Crippen LogP contribution in [0.4, 0.5) is 48.6 Å². The third-order valence-corrected chi connectivity index (χ3v) is 12.5. The Morgan fingerprint density at radius 2 is 1.67 bits per heavy atom. The maximum absolute atomic E-state index is 18.0. The smallest absolute Gasteiger partial charge is 0.418 e. The van der Waals surface area contributed by atoms with E-state index in [1.165, 1.54) is 33.4 Å². The van der Waals surface area contributed by atoms with Crippen LogP contribution in [0.15, 0.2) is 72.9 Å². The molecule has 0 unspecified atom stereocenters. The number of alkyl halides is 5. The van der Waals surface area contributed by atoms with Crippen molar-refractivity contribution < 1.29 is 55.2 Å². The van der Waals surface area contributed by atoms with Crippen molar-refractivity contribution in [3.8, 4) is 34.5 Å². The summed E-state index contributed by atoms with van der Waals surface area (Å²) in [5, 5.41) is 11.2. The van der Waals surface area contributed by atoms with Crippen LogP contribution in [0.1, 0.15) is 53.6 Å². The summed E-state index contributed by atoms with van der Waals surface area (Å²) in [6.07, 6.45) is -6.53. The van der Waals surface area contributed by atoms with Gasteiger partial charge in [-0.1, -0.05) is 41.9 Å². The van der Waals surface area contributed by atoms with Gasteiger partial charge in [-0.25, -0.2) is 27.9 Å². The predicted molar refractivity (Wildman–Crippen MR) is 247 cm³/mol. The number of rotatable bonds is 16. The fourth-order valence-corrected chi connectivity index (χ4v) is 9.18. The number of pyridine rings is 2. The molecule has 69 heavy (non-hydrogen) atoms. The number of nitrogens with one attached hydrogen (secondary N) is 1. The van der Waals surface area contributed by atoms with Gasteiger partial charge in [-0.05, 0) is 86.3 Å². The van der Waals surface area contributed by atoms with Crippen LogP contribution >= 0.6 is 11.6 Å². The molecule has 3 aromatic heterocycles. The first-order valence-corrected chi connectivity index (χ1v) is 22.2. The number of methoxy groups -OCH3 is 2. The average Bonchev–Trinajstić information content (AvgIpc) is 3.66. The Morgan fingerprint density at radius 3 is 2.28 bits per heavy atom. The van der Waals surface area contributed by atoms with Gasteiger partial charge in [0.15, 0.2) is 11.6 Å². The Balaban J connectivity index is 1.32. The number of anilines is 3. The molecule has 8 rings (SSSR count). The lowest BCUT2D eigenvalue weighted by atomic mass is 9.98. The zero-order valence-corrected chi connectivity index (χ0v) is 38.5. The maximum Gasteiger partial charge on any atom is 0.418 e. The molecule has 3 aromatic carbocycles. The molecule has 0 saturated carbocycles. The summed E-state index contributed by atoms with van der Waals surface area (Å²) in [6.45, 7) is 2.84. The van der Waals surface area contributed by atoms with Crippen LogP contribution in [0.5, 0.6) is 23.3 Å². The van der Waals surface area contributed by atoms with Crippen LogP contribution < -0.4 is 34.1 Å². The van der Waals surface area contributed by atoms with Crippen molar-refractivity contribution in [2.75, 3.05) is 62.2 Å². The molecule has 364 valence electrons. The minimum Gasteiger partial charge on any atom is -0.497 e. The number of carbonyl (C=O) groups is 1. The first-order chi connectivity index (χ1) is 33.0. The molecule has 0 radical (unpaired) electrons. The topological polar surface area (TPSA) is 148 Å². The number of aromatic nitrogens is 4. The Morgan fingerprint density at radius 1 is 1.00 bits per heavy atom. The summed E-state index contributed by atoms with van der Waals surface area (Å²) in [4.78, 5) is 34.7. The number of hydrogen-bond donors (Lipinski definition) is 2. The molecule has 1 fully saturated rings. The molecule has 2 N–H and O–H groups in total. The van der Waals surface area contributed by atoms with Crippen LogP contribution in [-0.2, 0) is 19.3 Å². The molecule has 0 bridgehead atoms. The van der Waals surface area contributed by atoms with Gasteiger partial charge in [0.2, 0.25) is 0 Å². The van der Waals surface area contributed by atoms with Crippen LogP contribution in [0.2, 0.25) is 5.02 Å². The molecule has 2 aliphatic heterocycles. The summed E-state index contributed by atoms with van der Waals surface area (Å²) in [5.74, 6) is -0.301. The molecule has 5 heterocycles. The molecule has 1 saturated heterocycles. The number of ether oxygens (including phenoxy) is 4. The van der Waals surface area contributed by atoms with E-state index in [4.69, 9.17) is 35.5 Å². The third-order valence-electron chi connectivity index (χ3n) is 12.2. The third kappa shape index (κ3) is 10.5. The molecule has 6 aromatic rings. The molecule has 0 aliphatic carbocycles. The van der Waals surface area contributed by atoms with Gasteiger partial charge in [0.1, 0.15) is 47.7 Å². The van der Waals surface area contributed by atoms with E-state index < -0.39 is 76.5 Å². The second-order valence-electron chi connectivity index (χ2n) is 16.5. The van der Waals surface area contributed by atoms with Gasteiger partial charge in [-0.15, -0.1) is 0 Å². The fourth-order valence-electron chi connectivity index (χ4n) is 8.86. The number of halogens is 7. The second kappa shape index (κ2) is 20.4. The van der Waals surface area contributed by atoms with E-state index in [2.05, 4.69) is 20.3 Å². The first kappa shape index (κ1) is 48.6. The summed E-state index contributed by atoms with van der Waals surface area (Å²) in [7, 11) is 3.05. The van der Waals surface area contributed by atoms with E-state index in [0.29, 0.717) is 36.4 Å². The van der Waals surface area contributed by atoms with Crippen LogP contribution in [-0.4, -0.2) is 95.6 Å². The molecule has 2 aliphatic rings. The lowest BCUT2D eigenvalue weighted by Crippen LogP contribution is -2.37. The quantitative estimate of drug-likeness (QED) is 0.0888. The summed E-state index contributed by atoms with van der Waals surface area (Å²) in [6, 6.07) is 17.1. The van der Waals surface area contributed by atoms with Crippen molar-refractivity contribution >= 4 is 46.1 Å². The standard InChI is InChI=1S/C48H47ClF6N8O6/c1-26-21-35(62(22-28-9-13-31(66-3)14-10-28)23-29-11-15-32(67-4)16-12-29)57-41(38(26)48(53,54)55)36-39(49)43-37-42(40(36)52)58-46(69-25-30-7-6-18-61(30)24-34(50)51)60-45(37)63(19-20-68-43)27(2)33-8-5-17-56-44(33)59-47(64)65/h5,8-17,21,27,30,34H,6-7,18-20,22-25H2,1-4H3,(H,56,59)(H,64,65)/t27-,30+/m1/s1. The minimum atomic E-state index is -5.07. The van der Waals surface area contributed by atoms with E-state index in [1.54, 1.807) is 58.0 Å². The van der Waals surface area contributed by atoms with E-state index in [9.17, 15) is 18.7 Å². The average molecular weight is 981 g/mol. The molecule has 1 amide bonds. The lowest BCUT2D eigenvalue weighted by Gasteiger charge is -2.31. The van der Waals surface area contributed by atoms with Gasteiger partial charge < -0.3 is 33.9 Å². The predicted octanol–water partition coefficient (Wildman–Crippen LogP) is 10.6. The molecule has 14 nitrogen and oxygen atoms in total. The highest BCUT2D eigenvalue weighted by molar-refractivity contribution is 6.36. The maximum atomic E-state index is 18.0. The summed E-state index contributed by atoms with van der Waals surface area (Å²) >= 11 is 7.13. The van der Waals surface area contributed by atoms with Crippen molar-refractivity contribution in [3.05, 3.63) is 112 Å². The molecule has 21 heteroatoms. The molecule has 0 spiro atoms. The minimum absolute atomic E-state index is 0.00129. The largest absolute Gasteiger partial charge is 0.497 e. The number of nitrogens with zero attached hydrogens (tertiary/aromatic N) is 7. The van der Waals surface area contributed by atoms with Crippen molar-refractivity contribution in [2.45, 2.75) is 64.5 Å². The highest BCUT2D eigenvalue weighted by Gasteiger charge is 2.41. The summed E-state index contributed by atoms with van der Waals surface area (Å²) < 4.78 is 114. The van der Waals surface area contributed by atoms with Crippen LogP contribution in [0.25, 0.3) is 22.2 Å². The highest BCUT2D eigenvalue weighted by atomic mass is 35.5. The van der Waals surface area contributed by atoms with Crippen molar-refractivity contribution in [1.82, 2.24) is 24.8 Å². The fraction of sp³-hybridized carbons (Fsp3) is 0.354. The van der Waals surface area contributed by atoms with Gasteiger partial charge in [-0.2, -0.15) is 23.1 Å². The van der Waals surface area contributed by atoms with E-state index in [-0.39, 0.29) is 67.0 Å². The molecular formula is C48H47ClF6N8O6. The van der Waals surface area contributed by atoms with Crippen molar-refractivity contribution in [2.24, 2.45) is 0 Å². The monoisotopic (exact) mass is 980 g/mol. The van der Waals surface area contributed by atoms with Gasteiger partial charge in [0.25, 0.3) is 6.43 Å². The normalized spacial score (nSPS) is 15.5. The number of carboxylic acid groups (broad SMARTS) is 1. The molecular weight excluding hydrogens is 934 g/mol. The molecule has 2 atom stereocenters. The number of benzene rings is 3. The van der Waals surface area contributed by atoms with Gasteiger partial charge in [0.05, 0.1) is 60.6 Å². The van der Waals surface area contributed by atoms with Crippen molar-refractivity contribution in [1.29, 1.82) is 0 Å². The Kier molecular flexibility index (Phi) is 14.4. The van der Waals surface area contributed by atoms with Crippen LogP contribution in [0, 0.1) is 12.7 Å². The van der Waals surface area contributed by atoms with E-state index >= 15 is 17.6 Å². The van der Waals surface area contributed by atoms with E-state index in [0.717, 1.165) is 11.1 Å². The Labute approximate surface area is 397 Å². The lowest BCUT2D eigenvalue weighted by molar-refractivity contribution is -0.137. The number of hydrogen-bond acceptors (Lipinski definition) is 12. The SMILES string of the molecule is COc1ccc(CN(Cc2ccc(OC)cc2)c2cc(C)c(C(F)(F)F)c(-c3c(Cl)c4c5c(nc(OC[C@@H]6CCCN6CC(F)F)nc5c3F)N([C@H](C)c3cccnc3NC(=O)O)CCO4)n2)cc1. The van der Waals surface area contributed by atoms with E-state index in [1.807, 2.05) is 24.3 Å². The highest BCUT2D eigenvalue weighted by Crippen LogP contribution is 2.51. The summed E-state index contributed by atoms with van der Waals surface area (Å²) in [5.41, 5.74) is -1.73. The van der Waals surface area contributed by atoms with Gasteiger partial charge in [0, 0.05) is 30.9 Å². The zero-order chi connectivity index (χ0) is 49.1. The second-order valence-corrected chi connectivity index (χ2v) is 16.9.